The summed E-state index contributed by atoms with van der Waals surface area (Å²) < 4.78 is 14.5. The van der Waals surface area contributed by atoms with Crippen molar-refractivity contribution in [2.45, 2.75) is 57.8 Å². The number of hydrogen-bond acceptors (Lipinski definition) is 1. The number of benzene rings is 11. The largest absolute Gasteiger partial charge is 0.310 e. The van der Waals surface area contributed by atoms with Gasteiger partial charge in [-0.3, -0.25) is 0 Å². The molecule has 3 aliphatic carbocycles. The average molecular weight is 940 g/mol. The molecule has 73 heavy (non-hydrogen) atoms. The van der Waals surface area contributed by atoms with E-state index in [1.807, 2.05) is 12.1 Å². The third-order valence-electron chi connectivity index (χ3n) is 17.1. The molecule has 1 nitrogen and oxygen atoms in total. The fraction of sp³-hybridized carbons (Fsp3) is 0.127. The van der Waals surface area contributed by atoms with E-state index in [1.54, 1.807) is 12.1 Å². The van der Waals surface area contributed by atoms with Gasteiger partial charge in [0, 0.05) is 33.3 Å². The average Bonchev–Trinajstić information content (AvgIpc) is 3.90. The van der Waals surface area contributed by atoms with Crippen LogP contribution in [0.3, 0.4) is 0 Å². The van der Waals surface area contributed by atoms with Gasteiger partial charge < -0.3 is 4.90 Å². The Morgan fingerprint density at radius 2 is 0.630 bits per heavy atom. The molecule has 14 rings (SSSR count). The van der Waals surface area contributed by atoms with Crippen molar-refractivity contribution in [1.29, 1.82) is 0 Å². The first-order valence-electron chi connectivity index (χ1n) is 25.8. The second kappa shape index (κ2) is 15.6. The van der Waals surface area contributed by atoms with Gasteiger partial charge in [-0.1, -0.05) is 193 Å². The number of rotatable bonds is 6. The van der Waals surface area contributed by atoms with E-state index in [-0.39, 0.29) is 22.1 Å². The van der Waals surface area contributed by atoms with Gasteiger partial charge in [-0.25, -0.2) is 4.39 Å². The summed E-state index contributed by atoms with van der Waals surface area (Å²) in [7, 11) is 0. The fourth-order valence-corrected chi connectivity index (χ4v) is 13.4. The standard InChI is InChI=1S/C71H54FN/c1-69(2)61-20-12-9-15-51(61)54-35-26-45(40-64(54)69)67-57-18-7-8-19-58(57)68(46-27-36-55-52-16-10-13-21-62(52)70(3,4)65(55)41-46)60-39-44(25-37-59(60)67)43-23-30-48(31-24-43)73(49-32-28-47(72)29-33-49)50-34-38-56-53-17-11-14-22-63(53)71(5,6)66(56)42-50/h7-42H,1-6H3. The quantitative estimate of drug-likeness (QED) is 0.150. The van der Waals surface area contributed by atoms with Crippen molar-refractivity contribution in [3.8, 4) is 66.8 Å². The molecule has 0 heterocycles. The zero-order valence-corrected chi connectivity index (χ0v) is 42.1. The second-order valence-corrected chi connectivity index (χ2v) is 22.2. The molecule has 0 saturated carbocycles. The van der Waals surface area contributed by atoms with Gasteiger partial charge >= 0.3 is 0 Å². The van der Waals surface area contributed by atoms with Gasteiger partial charge in [-0.15, -0.1) is 0 Å². The van der Waals surface area contributed by atoms with Gasteiger partial charge in [0.2, 0.25) is 0 Å². The minimum Gasteiger partial charge on any atom is -0.310 e. The van der Waals surface area contributed by atoms with Crippen LogP contribution in [0.1, 0.15) is 74.9 Å². The van der Waals surface area contributed by atoms with Gasteiger partial charge in [0.25, 0.3) is 0 Å². The van der Waals surface area contributed by atoms with Crippen molar-refractivity contribution in [3.05, 3.63) is 258 Å². The summed E-state index contributed by atoms with van der Waals surface area (Å²) in [5.41, 5.74) is 25.7. The number of anilines is 3. The van der Waals surface area contributed by atoms with Crippen LogP contribution in [0.2, 0.25) is 0 Å². The molecule has 11 aromatic carbocycles. The summed E-state index contributed by atoms with van der Waals surface area (Å²) >= 11 is 0. The maximum absolute atomic E-state index is 14.5. The Bertz CT molecular complexity index is 4110. The second-order valence-electron chi connectivity index (χ2n) is 22.2. The zero-order chi connectivity index (χ0) is 49.5. The Kier molecular flexibility index (Phi) is 9.28. The van der Waals surface area contributed by atoms with Crippen molar-refractivity contribution >= 4 is 38.6 Å². The molecule has 0 aromatic heterocycles. The highest BCUT2D eigenvalue weighted by atomic mass is 19.1. The lowest BCUT2D eigenvalue weighted by atomic mass is 9.79. The normalized spacial score (nSPS) is 14.8. The maximum atomic E-state index is 14.5. The van der Waals surface area contributed by atoms with Crippen LogP contribution in [0, 0.1) is 5.82 Å². The van der Waals surface area contributed by atoms with E-state index < -0.39 is 0 Å². The minimum atomic E-state index is -0.254. The summed E-state index contributed by atoms with van der Waals surface area (Å²) in [5, 5.41) is 4.94. The molecule has 0 unspecified atom stereocenters. The first-order chi connectivity index (χ1) is 35.4. The molecule has 0 amide bonds. The third kappa shape index (κ3) is 6.32. The molecular formula is C71H54FN. The van der Waals surface area contributed by atoms with E-state index in [4.69, 9.17) is 0 Å². The van der Waals surface area contributed by atoms with Crippen molar-refractivity contribution in [2.24, 2.45) is 0 Å². The van der Waals surface area contributed by atoms with Crippen LogP contribution in [-0.2, 0) is 16.2 Å². The van der Waals surface area contributed by atoms with E-state index in [0.29, 0.717) is 0 Å². The van der Waals surface area contributed by atoms with E-state index in [9.17, 15) is 4.39 Å². The molecule has 0 saturated heterocycles. The van der Waals surface area contributed by atoms with Crippen molar-refractivity contribution in [2.75, 3.05) is 4.90 Å². The lowest BCUT2D eigenvalue weighted by Crippen LogP contribution is -2.16. The Labute approximate surface area is 427 Å². The zero-order valence-electron chi connectivity index (χ0n) is 42.1. The summed E-state index contributed by atoms with van der Waals surface area (Å²) in [4.78, 5) is 2.25. The van der Waals surface area contributed by atoms with Gasteiger partial charge in [-0.05, 0) is 188 Å². The van der Waals surface area contributed by atoms with Crippen LogP contribution < -0.4 is 4.90 Å². The van der Waals surface area contributed by atoms with Crippen LogP contribution in [0.4, 0.5) is 21.5 Å². The minimum absolute atomic E-state index is 0.128. The number of halogens is 1. The monoisotopic (exact) mass is 939 g/mol. The first kappa shape index (κ1) is 43.5. The SMILES string of the molecule is CC1(C)c2ccccc2-c2ccc(-c3c4ccccc4c(-c4ccc5c(c4)C(C)(C)c4ccccc4-5)c4cc(-c5ccc(N(c6ccc(F)cc6)c6ccc7c(c6)C(C)(C)c6ccccc6-7)cc5)ccc34)cc21. The van der Waals surface area contributed by atoms with E-state index in [1.165, 1.54) is 111 Å². The molecule has 0 aliphatic heterocycles. The number of fused-ring (bicyclic) bond motifs is 11. The van der Waals surface area contributed by atoms with Gasteiger partial charge in [0.15, 0.2) is 0 Å². The smallest absolute Gasteiger partial charge is 0.123 e. The third-order valence-corrected chi connectivity index (χ3v) is 17.1. The Balaban J connectivity index is 0.947. The van der Waals surface area contributed by atoms with Gasteiger partial charge in [-0.2, -0.15) is 0 Å². The van der Waals surface area contributed by atoms with Crippen LogP contribution in [0.5, 0.6) is 0 Å². The molecule has 0 radical (unpaired) electrons. The molecule has 0 bridgehead atoms. The number of nitrogens with zero attached hydrogens (tertiary/aromatic N) is 1. The molecule has 0 atom stereocenters. The maximum Gasteiger partial charge on any atom is 0.123 e. The lowest BCUT2D eigenvalue weighted by molar-refractivity contribution is 0.628. The molecular weight excluding hydrogens is 886 g/mol. The van der Waals surface area contributed by atoms with Crippen molar-refractivity contribution in [3.63, 3.8) is 0 Å². The summed E-state index contributed by atoms with van der Waals surface area (Å²) in [6.45, 7) is 14.1. The highest BCUT2D eigenvalue weighted by Gasteiger charge is 2.38. The molecule has 0 fully saturated rings. The fourth-order valence-electron chi connectivity index (χ4n) is 13.4. The first-order valence-corrected chi connectivity index (χ1v) is 25.8. The highest BCUT2D eigenvalue weighted by molar-refractivity contribution is 6.22. The summed E-state index contributed by atoms with van der Waals surface area (Å²) in [6, 6.07) is 79.8. The Hall–Kier alpha value is -8.33. The van der Waals surface area contributed by atoms with Crippen LogP contribution >= 0.6 is 0 Å². The number of hydrogen-bond donors (Lipinski definition) is 0. The molecule has 2 heteroatoms. The van der Waals surface area contributed by atoms with Crippen LogP contribution in [-0.4, -0.2) is 0 Å². The lowest BCUT2D eigenvalue weighted by Gasteiger charge is -2.28. The van der Waals surface area contributed by atoms with Crippen molar-refractivity contribution < 1.29 is 4.39 Å². The van der Waals surface area contributed by atoms with Crippen LogP contribution in [0.25, 0.3) is 88.3 Å². The Morgan fingerprint density at radius 3 is 1.14 bits per heavy atom. The summed E-state index contributed by atoms with van der Waals surface area (Å²) in [6.07, 6.45) is 0. The molecule has 0 spiro atoms. The highest BCUT2D eigenvalue weighted by Crippen LogP contribution is 2.55. The molecule has 0 N–H and O–H groups in total. The topological polar surface area (TPSA) is 3.24 Å². The molecule has 11 aromatic rings. The van der Waals surface area contributed by atoms with Gasteiger partial charge in [0.05, 0.1) is 0 Å². The molecule has 3 aliphatic rings. The molecule has 350 valence electrons. The Morgan fingerprint density at radius 1 is 0.274 bits per heavy atom. The predicted molar refractivity (Wildman–Crippen MR) is 305 cm³/mol. The van der Waals surface area contributed by atoms with E-state index in [2.05, 4.69) is 241 Å². The van der Waals surface area contributed by atoms with E-state index >= 15 is 0 Å². The van der Waals surface area contributed by atoms with E-state index in [0.717, 1.165) is 28.2 Å². The summed E-state index contributed by atoms with van der Waals surface area (Å²) in [5.74, 6) is -0.254. The van der Waals surface area contributed by atoms with Crippen molar-refractivity contribution in [1.82, 2.24) is 0 Å². The van der Waals surface area contributed by atoms with Gasteiger partial charge in [0.1, 0.15) is 5.82 Å². The predicted octanol–water partition coefficient (Wildman–Crippen LogP) is 19.5. The van der Waals surface area contributed by atoms with Crippen LogP contribution in [0.15, 0.2) is 218 Å².